The SMILES string of the molecule is CC(OC(=O)NC1=CCCN=C1NCCN=C1C=CC(C2(C(=O)O)CC2)CC1)c1ccccc1. The molecule has 3 N–H and O–H groups in total. The Labute approximate surface area is 199 Å². The third kappa shape index (κ3) is 5.73. The number of dihydropyridines is 1. The fourth-order valence-corrected chi connectivity index (χ4v) is 4.47. The van der Waals surface area contributed by atoms with Gasteiger partial charge in [-0.25, -0.2) is 4.79 Å². The van der Waals surface area contributed by atoms with E-state index in [0.717, 1.165) is 43.4 Å². The van der Waals surface area contributed by atoms with Crippen molar-refractivity contribution in [3.63, 3.8) is 0 Å². The number of carboxylic acids is 1. The van der Waals surface area contributed by atoms with Crippen molar-refractivity contribution in [1.82, 2.24) is 10.6 Å². The lowest BCUT2D eigenvalue weighted by Gasteiger charge is -2.23. The van der Waals surface area contributed by atoms with Crippen molar-refractivity contribution in [3.05, 3.63) is 59.8 Å². The average molecular weight is 465 g/mol. The number of hydrogen-bond acceptors (Lipinski definition) is 6. The van der Waals surface area contributed by atoms with Gasteiger partial charge in [-0.1, -0.05) is 42.5 Å². The largest absolute Gasteiger partial charge is 0.481 e. The van der Waals surface area contributed by atoms with Crippen molar-refractivity contribution < 1.29 is 19.4 Å². The molecule has 0 aromatic heterocycles. The van der Waals surface area contributed by atoms with E-state index in [4.69, 9.17) is 4.74 Å². The fraction of sp³-hybridized carbons (Fsp3) is 0.462. The van der Waals surface area contributed by atoms with Gasteiger partial charge in [0.25, 0.3) is 0 Å². The lowest BCUT2D eigenvalue weighted by atomic mass is 9.81. The molecule has 180 valence electrons. The van der Waals surface area contributed by atoms with E-state index in [1.807, 2.05) is 55.5 Å². The molecule has 8 heteroatoms. The molecule has 3 aliphatic rings. The van der Waals surface area contributed by atoms with Crippen LogP contribution in [0.5, 0.6) is 0 Å². The van der Waals surface area contributed by atoms with E-state index >= 15 is 0 Å². The Kier molecular flexibility index (Phi) is 7.45. The number of nitrogens with zero attached hydrogens (tertiary/aromatic N) is 2. The third-order valence-electron chi connectivity index (χ3n) is 6.67. The number of aliphatic carboxylic acids is 1. The first-order chi connectivity index (χ1) is 16.5. The Morgan fingerprint density at radius 2 is 2.09 bits per heavy atom. The summed E-state index contributed by atoms with van der Waals surface area (Å²) in [5.41, 5.74) is 2.02. The highest BCUT2D eigenvalue weighted by Gasteiger charge is 2.55. The highest BCUT2D eigenvalue weighted by molar-refractivity contribution is 6.01. The first-order valence-electron chi connectivity index (χ1n) is 11.9. The van der Waals surface area contributed by atoms with E-state index in [9.17, 15) is 14.7 Å². The maximum absolute atomic E-state index is 12.4. The second kappa shape index (κ2) is 10.7. The fourth-order valence-electron chi connectivity index (χ4n) is 4.47. The summed E-state index contributed by atoms with van der Waals surface area (Å²) in [5, 5.41) is 15.5. The van der Waals surface area contributed by atoms with Gasteiger partial charge in [0.2, 0.25) is 0 Å². The van der Waals surface area contributed by atoms with Crippen LogP contribution < -0.4 is 10.6 Å². The number of carbonyl (C=O) groups excluding carboxylic acids is 1. The van der Waals surface area contributed by atoms with E-state index in [2.05, 4.69) is 20.6 Å². The van der Waals surface area contributed by atoms with Crippen LogP contribution >= 0.6 is 0 Å². The van der Waals surface area contributed by atoms with E-state index < -0.39 is 17.5 Å². The molecule has 0 saturated heterocycles. The van der Waals surface area contributed by atoms with Gasteiger partial charge in [0, 0.05) is 18.8 Å². The molecule has 0 spiro atoms. The molecule has 1 aromatic rings. The van der Waals surface area contributed by atoms with Gasteiger partial charge in [-0.05, 0) is 56.6 Å². The van der Waals surface area contributed by atoms with Gasteiger partial charge in [-0.2, -0.15) is 0 Å². The number of allylic oxidation sites excluding steroid dienone is 2. The van der Waals surface area contributed by atoms with Gasteiger partial charge >= 0.3 is 12.1 Å². The van der Waals surface area contributed by atoms with Gasteiger partial charge in [0.1, 0.15) is 11.9 Å². The number of aliphatic imine (C=N–C) groups is 2. The third-order valence-corrected chi connectivity index (χ3v) is 6.67. The van der Waals surface area contributed by atoms with Gasteiger partial charge in [-0.15, -0.1) is 0 Å². The molecule has 0 bridgehead atoms. The minimum absolute atomic E-state index is 0.113. The molecule has 1 aromatic carbocycles. The molecule has 1 fully saturated rings. The Morgan fingerprint density at radius 3 is 2.76 bits per heavy atom. The molecule has 1 heterocycles. The van der Waals surface area contributed by atoms with Crippen LogP contribution in [-0.4, -0.2) is 48.4 Å². The maximum Gasteiger partial charge on any atom is 0.412 e. The summed E-state index contributed by atoms with van der Waals surface area (Å²) >= 11 is 0. The van der Waals surface area contributed by atoms with E-state index in [-0.39, 0.29) is 12.0 Å². The van der Waals surface area contributed by atoms with E-state index in [1.165, 1.54) is 0 Å². The Bertz CT molecular complexity index is 1020. The summed E-state index contributed by atoms with van der Waals surface area (Å²) in [6, 6.07) is 9.59. The van der Waals surface area contributed by atoms with Crippen molar-refractivity contribution in [2.24, 2.45) is 21.3 Å². The molecule has 2 unspecified atom stereocenters. The number of alkyl carbamates (subject to hydrolysis) is 1. The number of ether oxygens (including phenoxy) is 1. The maximum atomic E-state index is 12.4. The first-order valence-corrected chi connectivity index (χ1v) is 11.9. The smallest absolute Gasteiger partial charge is 0.412 e. The number of amidine groups is 1. The summed E-state index contributed by atoms with van der Waals surface area (Å²) < 4.78 is 5.50. The normalized spacial score (nSPS) is 22.9. The van der Waals surface area contributed by atoms with Crippen LogP contribution in [0.1, 0.15) is 50.7 Å². The molecule has 34 heavy (non-hydrogen) atoms. The summed E-state index contributed by atoms with van der Waals surface area (Å²) in [4.78, 5) is 33.0. The average Bonchev–Trinajstić information content (AvgIpc) is 3.66. The summed E-state index contributed by atoms with van der Waals surface area (Å²) in [5.74, 6) is 0.0739. The number of amides is 1. The van der Waals surface area contributed by atoms with Crippen molar-refractivity contribution in [3.8, 4) is 0 Å². The van der Waals surface area contributed by atoms with Gasteiger partial charge in [-0.3, -0.25) is 20.1 Å². The zero-order valence-electron chi connectivity index (χ0n) is 19.5. The highest BCUT2D eigenvalue weighted by Crippen LogP contribution is 2.55. The molecule has 4 rings (SSSR count). The minimum Gasteiger partial charge on any atom is -0.481 e. The van der Waals surface area contributed by atoms with Crippen LogP contribution in [-0.2, 0) is 9.53 Å². The zero-order chi connectivity index (χ0) is 24.0. The first kappa shape index (κ1) is 23.7. The summed E-state index contributed by atoms with van der Waals surface area (Å²) in [6.07, 6.45) is 9.01. The lowest BCUT2D eigenvalue weighted by Crippen LogP contribution is -2.38. The number of hydrogen-bond donors (Lipinski definition) is 3. The van der Waals surface area contributed by atoms with Crippen molar-refractivity contribution in [2.45, 2.75) is 45.1 Å². The lowest BCUT2D eigenvalue weighted by molar-refractivity contribution is -0.145. The van der Waals surface area contributed by atoms with Crippen molar-refractivity contribution in [2.75, 3.05) is 19.6 Å². The predicted octanol–water partition coefficient (Wildman–Crippen LogP) is 4.02. The minimum atomic E-state index is -0.670. The van der Waals surface area contributed by atoms with Crippen molar-refractivity contribution >= 4 is 23.6 Å². The molecule has 2 atom stereocenters. The summed E-state index contributed by atoms with van der Waals surface area (Å²) in [6.45, 7) is 3.64. The van der Waals surface area contributed by atoms with Gasteiger partial charge in [0.05, 0.1) is 17.7 Å². The highest BCUT2D eigenvalue weighted by atomic mass is 16.6. The van der Waals surface area contributed by atoms with Crippen molar-refractivity contribution in [1.29, 1.82) is 0 Å². The number of rotatable bonds is 8. The second-order valence-corrected chi connectivity index (χ2v) is 8.99. The monoisotopic (exact) mass is 464 g/mol. The quantitative estimate of drug-likeness (QED) is 0.503. The molecule has 1 amide bonds. The molecule has 1 aliphatic heterocycles. The van der Waals surface area contributed by atoms with Gasteiger partial charge in [0.15, 0.2) is 0 Å². The van der Waals surface area contributed by atoms with Crippen LogP contribution in [0.2, 0.25) is 0 Å². The van der Waals surface area contributed by atoms with Crippen LogP contribution in [0.4, 0.5) is 4.79 Å². The molecule has 8 nitrogen and oxygen atoms in total. The summed E-state index contributed by atoms with van der Waals surface area (Å²) in [7, 11) is 0. The molecular weight excluding hydrogens is 432 g/mol. The standard InChI is InChI=1S/C26H32N4O4/c1-18(19-6-3-2-4-7-19)34-25(33)30-22-8-5-15-28-23(22)29-17-16-27-21-11-9-20(10-12-21)26(13-14-26)24(31)32/h2-4,6-9,11,18,20H,5,10,12-17H2,1H3,(H,28,29)(H,30,33)(H,31,32). The molecular formula is C26H32N4O4. The number of carboxylic acid groups (broad SMARTS) is 1. The Balaban J connectivity index is 1.23. The number of benzene rings is 1. The van der Waals surface area contributed by atoms with Crippen LogP contribution in [0.15, 0.2) is 64.2 Å². The van der Waals surface area contributed by atoms with Gasteiger partial charge < -0.3 is 15.2 Å². The second-order valence-electron chi connectivity index (χ2n) is 8.99. The number of nitrogens with one attached hydrogen (secondary N) is 2. The van der Waals surface area contributed by atoms with E-state index in [1.54, 1.807) is 0 Å². The predicted molar refractivity (Wildman–Crippen MR) is 131 cm³/mol. The van der Waals surface area contributed by atoms with Crippen LogP contribution in [0.3, 0.4) is 0 Å². The molecule has 2 aliphatic carbocycles. The van der Waals surface area contributed by atoms with Crippen LogP contribution in [0.25, 0.3) is 0 Å². The van der Waals surface area contributed by atoms with Crippen LogP contribution in [0, 0.1) is 11.3 Å². The zero-order valence-corrected chi connectivity index (χ0v) is 19.5. The topological polar surface area (TPSA) is 112 Å². The van der Waals surface area contributed by atoms with E-state index in [0.29, 0.717) is 31.2 Å². The molecule has 1 saturated carbocycles. The molecule has 0 radical (unpaired) electrons. The Hall–Kier alpha value is -3.42. The Morgan fingerprint density at radius 1 is 1.29 bits per heavy atom. The number of carbonyl (C=O) groups is 2.